The number of sulfonamides is 1. The van der Waals surface area contributed by atoms with E-state index in [1.165, 1.54) is 0 Å². The van der Waals surface area contributed by atoms with Gasteiger partial charge in [-0.05, 0) is 60.8 Å². The normalized spacial score (nSPS) is 18.2. The molecule has 2 aliphatic rings. The van der Waals surface area contributed by atoms with E-state index in [0.717, 1.165) is 30.6 Å². The summed E-state index contributed by atoms with van der Waals surface area (Å²) in [5.41, 5.74) is 3.32. The van der Waals surface area contributed by atoms with Crippen LogP contribution < -0.4 is 5.32 Å². The van der Waals surface area contributed by atoms with Gasteiger partial charge in [-0.25, -0.2) is 8.42 Å². The van der Waals surface area contributed by atoms with Crippen LogP contribution in [0.2, 0.25) is 0 Å². The molecular weight excluding hydrogens is 400 g/mol. The van der Waals surface area contributed by atoms with E-state index in [1.807, 2.05) is 24.3 Å². The summed E-state index contributed by atoms with van der Waals surface area (Å²) in [5, 5.41) is 11.7. The molecule has 2 aliphatic heterocycles. The summed E-state index contributed by atoms with van der Waals surface area (Å²) in [7, 11) is -3.58. The van der Waals surface area contributed by atoms with Crippen molar-refractivity contribution in [1.29, 1.82) is 5.26 Å². The van der Waals surface area contributed by atoms with Gasteiger partial charge in [0.2, 0.25) is 15.9 Å². The average Bonchev–Trinajstić information content (AvgIpc) is 3.00. The maximum atomic E-state index is 13.2. The standard InChI is InChI=1S/C22H24N4O3S/c23-15-17-2-4-18(5-3-17)16-25-10-1-11-26(13-12-25)30(28,29)20-7-8-21-19(14-20)6-9-22(27)24-21/h2-5,7-8,14H,1,6,9-13,16H2,(H,24,27). The van der Waals surface area contributed by atoms with Crippen molar-refractivity contribution in [2.24, 2.45) is 0 Å². The third-order valence-electron chi connectivity index (χ3n) is 5.65. The van der Waals surface area contributed by atoms with Gasteiger partial charge in [0.15, 0.2) is 0 Å². The highest BCUT2D eigenvalue weighted by Crippen LogP contribution is 2.27. The van der Waals surface area contributed by atoms with Crippen molar-refractivity contribution in [3.63, 3.8) is 0 Å². The molecule has 0 spiro atoms. The monoisotopic (exact) mass is 424 g/mol. The number of hydrogen-bond donors (Lipinski definition) is 1. The number of nitrogens with one attached hydrogen (secondary N) is 1. The Morgan fingerprint density at radius 1 is 1.00 bits per heavy atom. The van der Waals surface area contributed by atoms with Crippen molar-refractivity contribution in [2.75, 3.05) is 31.5 Å². The second-order valence-corrected chi connectivity index (χ2v) is 9.65. The Morgan fingerprint density at radius 3 is 2.57 bits per heavy atom. The number of aryl methyl sites for hydroxylation is 1. The summed E-state index contributed by atoms with van der Waals surface area (Å²) in [6.07, 6.45) is 1.70. The molecule has 1 N–H and O–H groups in total. The van der Waals surface area contributed by atoms with Crippen LogP contribution in [0.1, 0.15) is 29.5 Å². The lowest BCUT2D eigenvalue weighted by Gasteiger charge is -2.23. The summed E-state index contributed by atoms with van der Waals surface area (Å²) in [6, 6.07) is 14.6. The number of benzene rings is 2. The lowest BCUT2D eigenvalue weighted by atomic mass is 10.0. The Bertz CT molecular complexity index is 1090. The quantitative estimate of drug-likeness (QED) is 0.813. The maximum Gasteiger partial charge on any atom is 0.243 e. The minimum atomic E-state index is -3.58. The second-order valence-electron chi connectivity index (χ2n) is 7.71. The van der Waals surface area contributed by atoms with Gasteiger partial charge in [-0.15, -0.1) is 0 Å². The fourth-order valence-corrected chi connectivity index (χ4v) is 5.48. The number of nitrogens with zero attached hydrogens (tertiary/aromatic N) is 3. The number of nitriles is 1. The molecule has 8 heteroatoms. The Hall–Kier alpha value is -2.73. The van der Waals surface area contributed by atoms with Crippen molar-refractivity contribution < 1.29 is 13.2 Å². The van der Waals surface area contributed by atoms with Gasteiger partial charge >= 0.3 is 0 Å². The van der Waals surface area contributed by atoms with Gasteiger partial charge < -0.3 is 5.32 Å². The van der Waals surface area contributed by atoms with Crippen LogP contribution >= 0.6 is 0 Å². The first-order chi connectivity index (χ1) is 14.5. The predicted octanol–water partition coefficient (Wildman–Crippen LogP) is 2.34. The van der Waals surface area contributed by atoms with E-state index < -0.39 is 10.0 Å². The highest BCUT2D eigenvalue weighted by atomic mass is 32.2. The SMILES string of the molecule is N#Cc1ccc(CN2CCCN(S(=O)(=O)c3ccc4c(c3)CCC(=O)N4)CC2)cc1. The molecule has 0 bridgehead atoms. The van der Waals surface area contributed by atoms with Crippen LogP contribution in [0.25, 0.3) is 0 Å². The van der Waals surface area contributed by atoms with Gasteiger partial charge in [0.25, 0.3) is 0 Å². The Morgan fingerprint density at radius 2 is 1.80 bits per heavy atom. The zero-order chi connectivity index (χ0) is 21.1. The highest BCUT2D eigenvalue weighted by Gasteiger charge is 2.28. The second kappa shape index (κ2) is 8.56. The predicted molar refractivity (Wildman–Crippen MR) is 113 cm³/mol. The van der Waals surface area contributed by atoms with Gasteiger partial charge in [0.1, 0.15) is 0 Å². The van der Waals surface area contributed by atoms with Crippen LogP contribution in [-0.4, -0.2) is 49.7 Å². The minimum absolute atomic E-state index is 0.0343. The molecule has 0 atom stereocenters. The van der Waals surface area contributed by atoms with Crippen molar-refractivity contribution >= 4 is 21.6 Å². The lowest BCUT2D eigenvalue weighted by molar-refractivity contribution is -0.116. The summed E-state index contributed by atoms with van der Waals surface area (Å²) < 4.78 is 28.0. The number of carbonyl (C=O) groups is 1. The molecular formula is C22H24N4O3S. The number of hydrogen-bond acceptors (Lipinski definition) is 5. The molecule has 1 saturated heterocycles. The van der Waals surface area contributed by atoms with Crippen LogP contribution in [0.4, 0.5) is 5.69 Å². The van der Waals surface area contributed by atoms with E-state index in [-0.39, 0.29) is 10.8 Å². The fourth-order valence-electron chi connectivity index (χ4n) is 3.96. The van der Waals surface area contributed by atoms with Crippen LogP contribution in [-0.2, 0) is 27.8 Å². The molecule has 156 valence electrons. The first-order valence-corrected chi connectivity index (χ1v) is 11.5. The van der Waals surface area contributed by atoms with Gasteiger partial charge in [-0.2, -0.15) is 9.57 Å². The highest BCUT2D eigenvalue weighted by molar-refractivity contribution is 7.89. The molecule has 0 radical (unpaired) electrons. The largest absolute Gasteiger partial charge is 0.326 e. The Balaban J connectivity index is 1.44. The summed E-state index contributed by atoms with van der Waals surface area (Å²) in [4.78, 5) is 14.1. The van der Waals surface area contributed by atoms with E-state index >= 15 is 0 Å². The lowest BCUT2D eigenvalue weighted by Crippen LogP contribution is -2.35. The van der Waals surface area contributed by atoms with Crippen LogP contribution in [0.15, 0.2) is 47.4 Å². The van der Waals surface area contributed by atoms with Crippen LogP contribution in [0, 0.1) is 11.3 Å². The van der Waals surface area contributed by atoms with Gasteiger partial charge in [0, 0.05) is 38.3 Å². The third-order valence-corrected chi connectivity index (χ3v) is 7.54. The van der Waals surface area contributed by atoms with Gasteiger partial charge in [-0.1, -0.05) is 12.1 Å². The molecule has 2 aromatic carbocycles. The van der Waals surface area contributed by atoms with Crippen molar-refractivity contribution in [3.05, 3.63) is 59.2 Å². The van der Waals surface area contributed by atoms with Crippen LogP contribution in [0.5, 0.6) is 0 Å². The van der Waals surface area contributed by atoms with E-state index in [9.17, 15) is 13.2 Å². The molecule has 7 nitrogen and oxygen atoms in total. The number of rotatable bonds is 4. The third kappa shape index (κ3) is 4.38. The molecule has 30 heavy (non-hydrogen) atoms. The topological polar surface area (TPSA) is 93.5 Å². The van der Waals surface area contributed by atoms with Crippen molar-refractivity contribution in [3.8, 4) is 6.07 Å². The molecule has 1 amide bonds. The molecule has 4 rings (SSSR count). The number of fused-ring (bicyclic) bond motifs is 1. The summed E-state index contributed by atoms with van der Waals surface area (Å²) in [5.74, 6) is -0.0343. The number of carbonyl (C=O) groups excluding carboxylic acids is 1. The maximum absolute atomic E-state index is 13.2. The molecule has 0 aromatic heterocycles. The summed E-state index contributed by atoms with van der Waals surface area (Å²) >= 11 is 0. The smallest absolute Gasteiger partial charge is 0.243 e. The zero-order valence-corrected chi connectivity index (χ0v) is 17.5. The van der Waals surface area contributed by atoms with Crippen molar-refractivity contribution in [2.45, 2.75) is 30.7 Å². The zero-order valence-electron chi connectivity index (χ0n) is 16.7. The van der Waals surface area contributed by atoms with Crippen LogP contribution in [0.3, 0.4) is 0 Å². The minimum Gasteiger partial charge on any atom is -0.326 e. The molecule has 0 saturated carbocycles. The van der Waals surface area contributed by atoms with Crippen molar-refractivity contribution in [1.82, 2.24) is 9.21 Å². The fraction of sp³-hybridized carbons (Fsp3) is 0.364. The van der Waals surface area contributed by atoms with E-state index in [0.29, 0.717) is 43.7 Å². The first kappa shape index (κ1) is 20.5. The number of amides is 1. The summed E-state index contributed by atoms with van der Waals surface area (Å²) in [6.45, 7) is 3.13. The van der Waals surface area contributed by atoms with E-state index in [4.69, 9.17) is 5.26 Å². The van der Waals surface area contributed by atoms with E-state index in [2.05, 4.69) is 16.3 Å². The molecule has 2 heterocycles. The Labute approximate surface area is 177 Å². The molecule has 0 unspecified atom stereocenters. The molecule has 2 aromatic rings. The number of anilines is 1. The van der Waals surface area contributed by atoms with E-state index in [1.54, 1.807) is 22.5 Å². The Kier molecular flexibility index (Phi) is 5.86. The molecule has 0 aliphatic carbocycles. The molecule has 1 fully saturated rings. The first-order valence-electron chi connectivity index (χ1n) is 10.1. The van der Waals surface area contributed by atoms with Gasteiger partial charge in [0.05, 0.1) is 16.5 Å². The van der Waals surface area contributed by atoms with Gasteiger partial charge in [-0.3, -0.25) is 9.69 Å². The average molecular weight is 425 g/mol.